The van der Waals surface area contributed by atoms with Crippen molar-refractivity contribution in [2.75, 3.05) is 36.0 Å². The lowest BCUT2D eigenvalue weighted by Crippen LogP contribution is -2.23. The first-order valence-corrected chi connectivity index (χ1v) is 9.89. The topological polar surface area (TPSA) is 6.48 Å². The molecule has 25 heavy (non-hydrogen) atoms. The molecule has 0 saturated heterocycles. The molecule has 0 aliphatic carbocycles. The van der Waals surface area contributed by atoms with Crippen LogP contribution in [0.15, 0.2) is 48.5 Å². The third-order valence-electron chi connectivity index (χ3n) is 4.94. The molecule has 0 bridgehead atoms. The van der Waals surface area contributed by atoms with Gasteiger partial charge in [0.1, 0.15) is 0 Å². The van der Waals surface area contributed by atoms with Crippen LogP contribution < -0.4 is 9.80 Å². The summed E-state index contributed by atoms with van der Waals surface area (Å²) in [6, 6.07) is 18.2. The van der Waals surface area contributed by atoms with Gasteiger partial charge in [-0.1, -0.05) is 31.2 Å². The van der Waals surface area contributed by atoms with E-state index in [1.807, 2.05) is 0 Å². The zero-order valence-corrected chi connectivity index (χ0v) is 16.5. The molecule has 0 heterocycles. The van der Waals surface area contributed by atoms with Crippen molar-refractivity contribution in [1.82, 2.24) is 0 Å². The van der Waals surface area contributed by atoms with Crippen molar-refractivity contribution in [3.63, 3.8) is 0 Å². The molecule has 0 saturated carbocycles. The largest absolute Gasteiger partial charge is 0.372 e. The Kier molecular flexibility index (Phi) is 7.84. The van der Waals surface area contributed by atoms with Gasteiger partial charge in [0.15, 0.2) is 0 Å². The quantitative estimate of drug-likeness (QED) is 0.560. The average molecular weight is 339 g/mol. The van der Waals surface area contributed by atoms with Crippen LogP contribution in [0, 0.1) is 0 Å². The highest BCUT2D eigenvalue weighted by Gasteiger charge is 2.04. The molecule has 0 amide bonds. The summed E-state index contributed by atoms with van der Waals surface area (Å²) < 4.78 is 0. The Bertz CT molecular complexity index is 597. The van der Waals surface area contributed by atoms with Gasteiger partial charge in [0.25, 0.3) is 0 Å². The molecule has 2 rings (SSSR count). The molecular weight excluding hydrogens is 304 g/mol. The lowest BCUT2D eigenvalue weighted by atomic mass is 10.0. The van der Waals surface area contributed by atoms with Gasteiger partial charge in [-0.05, 0) is 75.4 Å². The lowest BCUT2D eigenvalue weighted by Gasteiger charge is -2.22. The summed E-state index contributed by atoms with van der Waals surface area (Å²) in [4.78, 5) is 4.83. The Morgan fingerprint density at radius 3 is 1.32 bits per heavy atom. The van der Waals surface area contributed by atoms with Gasteiger partial charge >= 0.3 is 0 Å². The van der Waals surface area contributed by atoms with Crippen LogP contribution in [-0.4, -0.2) is 26.2 Å². The average Bonchev–Trinajstić information content (AvgIpc) is 2.67. The van der Waals surface area contributed by atoms with Gasteiger partial charge in [-0.15, -0.1) is 0 Å². The van der Waals surface area contributed by atoms with Gasteiger partial charge in [-0.2, -0.15) is 0 Å². The third-order valence-corrected chi connectivity index (χ3v) is 4.94. The molecule has 2 nitrogen and oxygen atoms in total. The minimum absolute atomic E-state index is 1.06. The fraction of sp³-hybridized carbons (Fsp3) is 0.478. The molecule has 0 aromatic heterocycles. The SMILES string of the molecule is CCCN(CC)c1ccc(CCc2ccc(N(CC)CC)cc2)cc1. The van der Waals surface area contributed by atoms with Crippen molar-refractivity contribution in [2.45, 2.75) is 47.0 Å². The summed E-state index contributed by atoms with van der Waals surface area (Å²) in [5, 5.41) is 0. The Morgan fingerprint density at radius 2 is 0.960 bits per heavy atom. The van der Waals surface area contributed by atoms with Gasteiger partial charge in [-0.25, -0.2) is 0 Å². The molecule has 0 N–H and O–H groups in total. The van der Waals surface area contributed by atoms with Crippen LogP contribution in [0.3, 0.4) is 0 Å². The van der Waals surface area contributed by atoms with E-state index in [-0.39, 0.29) is 0 Å². The van der Waals surface area contributed by atoms with Crippen molar-refractivity contribution in [3.05, 3.63) is 59.7 Å². The number of hydrogen-bond acceptors (Lipinski definition) is 2. The monoisotopic (exact) mass is 338 g/mol. The molecule has 2 aromatic rings. The molecule has 0 aliphatic rings. The number of aryl methyl sites for hydroxylation is 2. The van der Waals surface area contributed by atoms with Gasteiger partial charge in [0.05, 0.1) is 0 Å². The van der Waals surface area contributed by atoms with E-state index in [0.29, 0.717) is 0 Å². The predicted molar refractivity (Wildman–Crippen MR) is 112 cm³/mol. The maximum Gasteiger partial charge on any atom is 0.0366 e. The second kappa shape index (κ2) is 10.1. The summed E-state index contributed by atoms with van der Waals surface area (Å²) in [6.07, 6.45) is 3.40. The van der Waals surface area contributed by atoms with Gasteiger partial charge in [0.2, 0.25) is 0 Å². The molecule has 2 heteroatoms. The zero-order valence-electron chi connectivity index (χ0n) is 16.5. The number of rotatable bonds is 10. The summed E-state index contributed by atoms with van der Waals surface area (Å²) >= 11 is 0. The number of nitrogens with zero attached hydrogens (tertiary/aromatic N) is 2. The highest BCUT2D eigenvalue weighted by molar-refractivity contribution is 5.48. The van der Waals surface area contributed by atoms with Crippen LogP contribution in [0.1, 0.15) is 45.2 Å². The van der Waals surface area contributed by atoms with Gasteiger partial charge in [-0.3, -0.25) is 0 Å². The normalized spacial score (nSPS) is 10.7. The van der Waals surface area contributed by atoms with E-state index in [1.165, 1.54) is 28.9 Å². The third kappa shape index (κ3) is 5.52. The Labute approximate surface area is 154 Å². The fourth-order valence-electron chi connectivity index (χ4n) is 3.36. The van der Waals surface area contributed by atoms with Crippen molar-refractivity contribution < 1.29 is 0 Å². The highest BCUT2D eigenvalue weighted by Crippen LogP contribution is 2.18. The van der Waals surface area contributed by atoms with E-state index in [1.54, 1.807) is 0 Å². The number of anilines is 2. The highest BCUT2D eigenvalue weighted by atomic mass is 15.1. The molecule has 2 aromatic carbocycles. The van der Waals surface area contributed by atoms with E-state index in [2.05, 4.69) is 86.0 Å². The van der Waals surface area contributed by atoms with Crippen molar-refractivity contribution in [2.24, 2.45) is 0 Å². The Balaban J connectivity index is 1.92. The molecule has 0 spiro atoms. The molecule has 0 radical (unpaired) electrons. The minimum Gasteiger partial charge on any atom is -0.372 e. The van der Waals surface area contributed by atoms with Crippen molar-refractivity contribution in [1.29, 1.82) is 0 Å². The Hall–Kier alpha value is -1.96. The number of benzene rings is 2. The summed E-state index contributed by atoms with van der Waals surface area (Å²) in [6.45, 7) is 13.2. The second-order valence-corrected chi connectivity index (χ2v) is 6.58. The molecule has 136 valence electrons. The van der Waals surface area contributed by atoms with Crippen LogP contribution in [0.25, 0.3) is 0 Å². The maximum absolute atomic E-state index is 2.44. The van der Waals surface area contributed by atoms with E-state index >= 15 is 0 Å². The Morgan fingerprint density at radius 1 is 0.560 bits per heavy atom. The molecule has 0 aliphatic heterocycles. The first-order valence-electron chi connectivity index (χ1n) is 9.89. The second-order valence-electron chi connectivity index (χ2n) is 6.58. The smallest absolute Gasteiger partial charge is 0.0366 e. The summed E-state index contributed by atoms with van der Waals surface area (Å²) in [5.74, 6) is 0. The predicted octanol–water partition coefficient (Wildman–Crippen LogP) is 5.55. The van der Waals surface area contributed by atoms with Crippen LogP contribution >= 0.6 is 0 Å². The van der Waals surface area contributed by atoms with Crippen molar-refractivity contribution >= 4 is 11.4 Å². The first-order chi connectivity index (χ1) is 12.2. The van der Waals surface area contributed by atoms with E-state index < -0.39 is 0 Å². The molecular formula is C23H34N2. The van der Waals surface area contributed by atoms with Gasteiger partial charge in [0, 0.05) is 37.6 Å². The minimum atomic E-state index is 1.06. The lowest BCUT2D eigenvalue weighted by molar-refractivity contribution is 0.791. The van der Waals surface area contributed by atoms with Crippen LogP contribution in [0.5, 0.6) is 0 Å². The van der Waals surface area contributed by atoms with Crippen LogP contribution in [0.2, 0.25) is 0 Å². The number of hydrogen-bond donors (Lipinski definition) is 0. The van der Waals surface area contributed by atoms with Crippen LogP contribution in [0.4, 0.5) is 11.4 Å². The first kappa shape index (κ1) is 19.4. The van der Waals surface area contributed by atoms with Crippen molar-refractivity contribution in [3.8, 4) is 0 Å². The molecule has 0 atom stereocenters. The van der Waals surface area contributed by atoms with E-state index in [4.69, 9.17) is 0 Å². The van der Waals surface area contributed by atoms with E-state index in [0.717, 1.165) is 39.0 Å². The summed E-state index contributed by atoms with van der Waals surface area (Å²) in [7, 11) is 0. The molecule has 0 unspecified atom stereocenters. The standard InChI is InChI=1S/C23H34N2/c1-5-19-25(8-4)23-17-13-21(14-18-23)10-9-20-11-15-22(16-12-20)24(6-2)7-3/h11-18H,5-10,19H2,1-4H3. The van der Waals surface area contributed by atoms with Crippen LogP contribution in [-0.2, 0) is 12.8 Å². The molecule has 0 fully saturated rings. The van der Waals surface area contributed by atoms with E-state index in [9.17, 15) is 0 Å². The van der Waals surface area contributed by atoms with Gasteiger partial charge < -0.3 is 9.80 Å². The fourth-order valence-corrected chi connectivity index (χ4v) is 3.36. The summed E-state index contributed by atoms with van der Waals surface area (Å²) in [5.41, 5.74) is 5.51. The maximum atomic E-state index is 2.44. The zero-order chi connectivity index (χ0) is 18.1.